The summed E-state index contributed by atoms with van der Waals surface area (Å²) in [5.41, 5.74) is 7.36. The fourth-order valence-electron chi connectivity index (χ4n) is 1.55. The predicted octanol–water partition coefficient (Wildman–Crippen LogP) is 3.90. The summed E-state index contributed by atoms with van der Waals surface area (Å²) in [4.78, 5) is 11.8. The van der Waals surface area contributed by atoms with Gasteiger partial charge >= 0.3 is 0 Å². The number of halogens is 2. The lowest BCUT2D eigenvalue weighted by molar-refractivity contribution is -0.119. The second kappa shape index (κ2) is 6.73. The molecule has 5 heteroatoms. The van der Waals surface area contributed by atoms with Crippen LogP contribution in [0.4, 0.5) is 5.69 Å². The van der Waals surface area contributed by atoms with Gasteiger partial charge in [-0.15, -0.1) is 0 Å². The molecule has 2 aromatic carbocycles. The molecule has 0 aliphatic heterocycles. The van der Waals surface area contributed by atoms with Gasteiger partial charge in [-0.2, -0.15) is 0 Å². The summed E-state index contributed by atoms with van der Waals surface area (Å²) >= 11 is 6.80. The second-order valence-electron chi connectivity index (χ2n) is 3.96. The van der Waals surface area contributed by atoms with Crippen LogP contribution >= 0.6 is 31.9 Å². The highest BCUT2D eigenvalue weighted by atomic mass is 79.9. The molecule has 0 aliphatic rings. The Morgan fingerprint density at radius 1 is 1.05 bits per heavy atom. The summed E-state index contributed by atoms with van der Waals surface area (Å²) in [6.07, 6.45) is 0.349. The summed E-state index contributed by atoms with van der Waals surface area (Å²) in [5.74, 6) is -0.0824. The predicted molar refractivity (Wildman–Crippen MR) is 83.8 cm³/mol. The number of carbonyl (C=O) groups excluding carboxylic acids is 1. The number of benzene rings is 2. The lowest BCUT2D eigenvalue weighted by atomic mass is 10.1. The number of carbonyl (C=O) groups is 1. The first-order valence-electron chi connectivity index (χ1n) is 5.69. The SMILES string of the molecule is O=C(Cc1ccccc1)NNc1ccc(Br)cc1Br. The van der Waals surface area contributed by atoms with Crippen LogP contribution in [-0.2, 0) is 11.2 Å². The third-order valence-electron chi connectivity index (χ3n) is 2.48. The van der Waals surface area contributed by atoms with E-state index < -0.39 is 0 Å². The summed E-state index contributed by atoms with van der Waals surface area (Å²) in [6, 6.07) is 15.3. The van der Waals surface area contributed by atoms with Crippen LogP contribution in [0.15, 0.2) is 57.5 Å². The minimum atomic E-state index is -0.0824. The number of hydrogen-bond acceptors (Lipinski definition) is 2. The standard InChI is InChI=1S/C14H12Br2N2O/c15-11-6-7-13(12(16)9-11)17-18-14(19)8-10-4-2-1-3-5-10/h1-7,9,17H,8H2,(H,18,19). The Kier molecular flexibility index (Phi) is 4.99. The molecule has 0 heterocycles. The molecule has 0 atom stereocenters. The van der Waals surface area contributed by atoms with E-state index in [4.69, 9.17) is 0 Å². The normalized spacial score (nSPS) is 10.0. The average Bonchev–Trinajstić information content (AvgIpc) is 2.39. The van der Waals surface area contributed by atoms with Crippen LogP contribution < -0.4 is 10.9 Å². The molecule has 98 valence electrons. The van der Waals surface area contributed by atoms with Crippen LogP contribution in [0.1, 0.15) is 5.56 Å². The Morgan fingerprint density at radius 2 is 1.79 bits per heavy atom. The molecule has 2 aromatic rings. The minimum Gasteiger partial charge on any atom is -0.297 e. The van der Waals surface area contributed by atoms with E-state index in [1.165, 1.54) is 0 Å². The first-order valence-corrected chi connectivity index (χ1v) is 7.27. The van der Waals surface area contributed by atoms with Crippen molar-refractivity contribution in [2.24, 2.45) is 0 Å². The fourth-order valence-corrected chi connectivity index (χ4v) is 2.70. The van der Waals surface area contributed by atoms with Crippen molar-refractivity contribution in [3.05, 3.63) is 63.0 Å². The molecule has 0 saturated heterocycles. The molecule has 2 N–H and O–H groups in total. The van der Waals surface area contributed by atoms with E-state index in [-0.39, 0.29) is 5.91 Å². The molecule has 0 unspecified atom stereocenters. The number of nitrogens with one attached hydrogen (secondary N) is 2. The summed E-state index contributed by atoms with van der Waals surface area (Å²) < 4.78 is 1.85. The molecule has 0 saturated carbocycles. The van der Waals surface area contributed by atoms with Crippen LogP contribution in [0, 0.1) is 0 Å². The zero-order valence-electron chi connectivity index (χ0n) is 9.99. The van der Waals surface area contributed by atoms with Gasteiger partial charge in [-0.1, -0.05) is 46.3 Å². The quantitative estimate of drug-likeness (QED) is 0.786. The number of amides is 1. The van der Waals surface area contributed by atoms with Crippen molar-refractivity contribution in [3.8, 4) is 0 Å². The van der Waals surface area contributed by atoms with Crippen LogP contribution in [0.2, 0.25) is 0 Å². The highest BCUT2D eigenvalue weighted by Gasteiger charge is 2.04. The number of rotatable bonds is 4. The molecule has 0 radical (unpaired) electrons. The third-order valence-corrected chi connectivity index (χ3v) is 3.62. The van der Waals surface area contributed by atoms with Gasteiger partial charge in [0.05, 0.1) is 12.1 Å². The Hall–Kier alpha value is -1.33. The van der Waals surface area contributed by atoms with Gasteiger partial charge in [0.25, 0.3) is 0 Å². The topological polar surface area (TPSA) is 41.1 Å². The molecular formula is C14H12Br2N2O. The largest absolute Gasteiger partial charge is 0.297 e. The van der Waals surface area contributed by atoms with Crippen molar-refractivity contribution in [2.45, 2.75) is 6.42 Å². The van der Waals surface area contributed by atoms with Gasteiger partial charge in [0.15, 0.2) is 0 Å². The second-order valence-corrected chi connectivity index (χ2v) is 5.73. The molecule has 3 nitrogen and oxygen atoms in total. The van der Waals surface area contributed by atoms with Gasteiger partial charge in [0.1, 0.15) is 0 Å². The summed E-state index contributed by atoms with van der Waals surface area (Å²) in [7, 11) is 0. The van der Waals surface area contributed by atoms with E-state index in [9.17, 15) is 4.79 Å². The number of hydrazine groups is 1. The van der Waals surface area contributed by atoms with E-state index in [0.717, 1.165) is 20.2 Å². The molecule has 19 heavy (non-hydrogen) atoms. The van der Waals surface area contributed by atoms with Crippen molar-refractivity contribution >= 4 is 43.5 Å². The molecule has 1 amide bonds. The van der Waals surface area contributed by atoms with Gasteiger partial charge < -0.3 is 0 Å². The zero-order valence-corrected chi connectivity index (χ0v) is 13.2. The van der Waals surface area contributed by atoms with Gasteiger partial charge in [0, 0.05) is 8.95 Å². The first kappa shape index (κ1) is 14.1. The summed E-state index contributed by atoms with van der Waals surface area (Å²) in [6.45, 7) is 0. The lowest BCUT2D eigenvalue weighted by Gasteiger charge is -2.10. The lowest BCUT2D eigenvalue weighted by Crippen LogP contribution is -2.30. The molecular weight excluding hydrogens is 372 g/mol. The molecule has 0 bridgehead atoms. The van der Waals surface area contributed by atoms with E-state index in [1.807, 2.05) is 48.5 Å². The highest BCUT2D eigenvalue weighted by molar-refractivity contribution is 9.11. The highest BCUT2D eigenvalue weighted by Crippen LogP contribution is 2.25. The Bertz CT molecular complexity index is 573. The third kappa shape index (κ3) is 4.36. The maximum Gasteiger partial charge on any atom is 0.242 e. The smallest absolute Gasteiger partial charge is 0.242 e. The van der Waals surface area contributed by atoms with Crippen LogP contribution in [0.25, 0.3) is 0 Å². The van der Waals surface area contributed by atoms with E-state index >= 15 is 0 Å². The van der Waals surface area contributed by atoms with E-state index in [0.29, 0.717) is 6.42 Å². The van der Waals surface area contributed by atoms with Crippen molar-refractivity contribution in [2.75, 3.05) is 5.43 Å². The van der Waals surface area contributed by atoms with E-state index in [2.05, 4.69) is 42.7 Å². The van der Waals surface area contributed by atoms with Crippen molar-refractivity contribution < 1.29 is 4.79 Å². The zero-order chi connectivity index (χ0) is 13.7. The molecule has 0 spiro atoms. The minimum absolute atomic E-state index is 0.0824. The Balaban J connectivity index is 1.90. The fraction of sp³-hybridized carbons (Fsp3) is 0.0714. The van der Waals surface area contributed by atoms with Crippen molar-refractivity contribution in [3.63, 3.8) is 0 Å². The van der Waals surface area contributed by atoms with Crippen molar-refractivity contribution in [1.29, 1.82) is 0 Å². The maximum atomic E-state index is 11.8. The Labute approximate surface area is 128 Å². The van der Waals surface area contributed by atoms with Gasteiger partial charge in [-0.25, -0.2) is 0 Å². The van der Waals surface area contributed by atoms with Crippen LogP contribution in [0.5, 0.6) is 0 Å². The van der Waals surface area contributed by atoms with E-state index in [1.54, 1.807) is 0 Å². The molecule has 0 aliphatic carbocycles. The van der Waals surface area contributed by atoms with Crippen LogP contribution in [0.3, 0.4) is 0 Å². The number of hydrogen-bond donors (Lipinski definition) is 2. The first-order chi connectivity index (χ1) is 9.15. The molecule has 0 fully saturated rings. The summed E-state index contributed by atoms with van der Waals surface area (Å²) in [5, 5.41) is 0. The van der Waals surface area contributed by atoms with Gasteiger partial charge in [-0.05, 0) is 39.7 Å². The van der Waals surface area contributed by atoms with Gasteiger partial charge in [-0.3, -0.25) is 15.6 Å². The van der Waals surface area contributed by atoms with Crippen LogP contribution in [-0.4, -0.2) is 5.91 Å². The molecule has 0 aromatic heterocycles. The molecule has 2 rings (SSSR count). The van der Waals surface area contributed by atoms with Crippen molar-refractivity contribution in [1.82, 2.24) is 5.43 Å². The maximum absolute atomic E-state index is 11.8. The monoisotopic (exact) mass is 382 g/mol. The number of anilines is 1. The Morgan fingerprint density at radius 3 is 2.47 bits per heavy atom. The van der Waals surface area contributed by atoms with Gasteiger partial charge in [0.2, 0.25) is 5.91 Å². The average molecular weight is 384 g/mol.